The van der Waals surface area contributed by atoms with Crippen molar-refractivity contribution in [2.24, 2.45) is 0 Å². The van der Waals surface area contributed by atoms with Crippen molar-refractivity contribution in [1.29, 1.82) is 0 Å². The molecule has 0 unspecified atom stereocenters. The van der Waals surface area contributed by atoms with Crippen molar-refractivity contribution in [3.05, 3.63) is 42.0 Å². The molecule has 2 aromatic carbocycles. The molecule has 0 aliphatic rings. The van der Waals surface area contributed by atoms with E-state index in [9.17, 15) is 9.90 Å². The third kappa shape index (κ3) is 2.32. The van der Waals surface area contributed by atoms with Crippen LogP contribution in [-0.4, -0.2) is 16.2 Å². The molecule has 0 aliphatic heterocycles. The van der Waals surface area contributed by atoms with Gasteiger partial charge in [0.15, 0.2) is 0 Å². The fourth-order valence-corrected chi connectivity index (χ4v) is 1.37. The second-order valence-electron chi connectivity index (χ2n) is 3.05. The Morgan fingerprint density at radius 2 is 1.60 bits per heavy atom. The summed E-state index contributed by atoms with van der Waals surface area (Å²) < 4.78 is 0. The number of carboxylic acids is 1. The molecule has 75 valence electrons. The molecule has 0 aromatic heterocycles. The van der Waals surface area contributed by atoms with Gasteiger partial charge in [-0.05, 0) is 35.0 Å². The fourth-order valence-electron chi connectivity index (χ4n) is 1.37. The molecule has 0 bridgehead atoms. The van der Waals surface area contributed by atoms with E-state index in [4.69, 9.17) is 5.11 Å². The van der Waals surface area contributed by atoms with Gasteiger partial charge in [-0.3, -0.25) is 0 Å². The maximum atomic E-state index is 10.7. The van der Waals surface area contributed by atoms with Crippen molar-refractivity contribution >= 4 is 16.7 Å². The van der Waals surface area contributed by atoms with Gasteiger partial charge in [0.2, 0.25) is 0 Å². The van der Waals surface area contributed by atoms with Crippen LogP contribution in [0, 0.1) is 0 Å². The second kappa shape index (κ2) is 4.38. The minimum atomic E-state index is -0.944. The summed E-state index contributed by atoms with van der Waals surface area (Å²) in [5.74, 6) is -0.763. The molecule has 0 saturated heterocycles. The molecule has 0 amide bonds. The predicted molar refractivity (Wildman–Crippen MR) is 52.6 cm³/mol. The Kier molecular flexibility index (Phi) is 3.40. The zero-order chi connectivity index (χ0) is 10.1. The Morgan fingerprint density at radius 1 is 1.00 bits per heavy atom. The Labute approximate surface area is 98.2 Å². The topological polar surface area (TPSA) is 57.5 Å². The number of carbonyl (C=O) groups is 1. The third-order valence-electron chi connectivity index (χ3n) is 2.07. The zero-order valence-electron chi connectivity index (χ0n) is 7.71. The smallest absolute Gasteiger partial charge is 0.335 e. The molecule has 2 aromatic rings. The van der Waals surface area contributed by atoms with Gasteiger partial charge in [0.25, 0.3) is 0 Å². The monoisotopic (exact) mass is 239 g/mol. The first-order valence-corrected chi connectivity index (χ1v) is 4.13. The van der Waals surface area contributed by atoms with Crippen LogP contribution in [0.1, 0.15) is 10.4 Å². The Bertz CT molecular complexity index is 508. The normalized spacial score (nSPS) is 9.60. The quantitative estimate of drug-likeness (QED) is 0.802. The summed E-state index contributed by atoms with van der Waals surface area (Å²) >= 11 is 0. The third-order valence-corrected chi connectivity index (χ3v) is 2.07. The molecule has 3 nitrogen and oxygen atoms in total. The van der Waals surface area contributed by atoms with Crippen LogP contribution in [0.15, 0.2) is 36.4 Å². The molecule has 2 N–H and O–H groups in total. The number of phenolic OH excluding ortho intramolecular Hbond substituents is 1. The molecule has 1 radical (unpaired) electrons. The van der Waals surface area contributed by atoms with Crippen molar-refractivity contribution in [2.75, 3.05) is 0 Å². The van der Waals surface area contributed by atoms with Crippen LogP contribution < -0.4 is 0 Å². The van der Waals surface area contributed by atoms with Crippen molar-refractivity contribution in [1.82, 2.24) is 0 Å². The SMILES string of the molecule is O=C(O)c1ccc2cc(O)ccc2c1.[V]. The number of benzene rings is 2. The van der Waals surface area contributed by atoms with Gasteiger partial charge in [-0.2, -0.15) is 0 Å². The molecule has 0 saturated carbocycles. The Balaban J connectivity index is 0.00000112. The summed E-state index contributed by atoms with van der Waals surface area (Å²) in [6.45, 7) is 0. The number of hydrogen-bond donors (Lipinski definition) is 2. The largest absolute Gasteiger partial charge is 0.508 e. The molecule has 0 fully saturated rings. The van der Waals surface area contributed by atoms with Gasteiger partial charge in [0, 0.05) is 18.6 Å². The molecular formula is C11H8O3V. The van der Waals surface area contributed by atoms with Crippen LogP contribution >= 0.6 is 0 Å². The summed E-state index contributed by atoms with van der Waals surface area (Å²) in [5.41, 5.74) is 0.253. The van der Waals surface area contributed by atoms with Gasteiger partial charge >= 0.3 is 5.97 Å². The van der Waals surface area contributed by atoms with Gasteiger partial charge in [-0.1, -0.05) is 12.1 Å². The van der Waals surface area contributed by atoms with E-state index >= 15 is 0 Å². The maximum absolute atomic E-state index is 10.7. The van der Waals surface area contributed by atoms with E-state index in [0.717, 1.165) is 10.8 Å². The summed E-state index contributed by atoms with van der Waals surface area (Å²) in [6, 6.07) is 9.60. The molecule has 2 rings (SSSR count). The number of carboxylic acid groups (broad SMARTS) is 1. The Morgan fingerprint density at radius 3 is 2.27 bits per heavy atom. The second-order valence-corrected chi connectivity index (χ2v) is 3.05. The molecule has 4 heteroatoms. The van der Waals surface area contributed by atoms with Gasteiger partial charge in [-0.15, -0.1) is 0 Å². The van der Waals surface area contributed by atoms with Crippen LogP contribution in [0.25, 0.3) is 10.8 Å². The van der Waals surface area contributed by atoms with E-state index < -0.39 is 5.97 Å². The van der Waals surface area contributed by atoms with E-state index in [1.807, 2.05) is 0 Å². The number of fused-ring (bicyclic) bond motifs is 1. The summed E-state index contributed by atoms with van der Waals surface area (Å²) in [5, 5.41) is 19.6. The van der Waals surface area contributed by atoms with Crippen molar-refractivity contribution in [3.63, 3.8) is 0 Å². The van der Waals surface area contributed by atoms with E-state index in [1.165, 1.54) is 12.1 Å². The first-order chi connectivity index (χ1) is 6.66. The van der Waals surface area contributed by atoms with Crippen LogP contribution in [0.4, 0.5) is 0 Å². The van der Waals surface area contributed by atoms with Crippen molar-refractivity contribution < 1.29 is 33.6 Å². The first-order valence-electron chi connectivity index (χ1n) is 4.13. The number of rotatable bonds is 1. The molecule has 15 heavy (non-hydrogen) atoms. The Hall–Kier alpha value is -1.45. The maximum Gasteiger partial charge on any atom is 0.335 e. The van der Waals surface area contributed by atoms with Gasteiger partial charge in [0.05, 0.1) is 5.56 Å². The molecule has 0 heterocycles. The average Bonchev–Trinajstić information content (AvgIpc) is 2.16. The van der Waals surface area contributed by atoms with E-state index in [2.05, 4.69) is 0 Å². The number of hydrogen-bond acceptors (Lipinski definition) is 2. The zero-order valence-corrected chi connectivity index (χ0v) is 9.11. The minimum absolute atomic E-state index is 0. The summed E-state index contributed by atoms with van der Waals surface area (Å²) in [7, 11) is 0. The van der Waals surface area contributed by atoms with Crippen molar-refractivity contribution in [2.45, 2.75) is 0 Å². The molecule has 0 atom stereocenters. The summed E-state index contributed by atoms with van der Waals surface area (Å²) in [4.78, 5) is 10.7. The standard InChI is InChI=1S/C11H8O3.V/c12-10-4-3-7-5-9(11(13)14)2-1-8(7)6-10;/h1-6,12H,(H,13,14);. The van der Waals surface area contributed by atoms with Gasteiger partial charge < -0.3 is 10.2 Å². The van der Waals surface area contributed by atoms with E-state index in [-0.39, 0.29) is 29.9 Å². The van der Waals surface area contributed by atoms with Gasteiger partial charge in [-0.25, -0.2) is 4.79 Å². The van der Waals surface area contributed by atoms with Crippen LogP contribution in [0.5, 0.6) is 5.75 Å². The van der Waals surface area contributed by atoms with Crippen molar-refractivity contribution in [3.8, 4) is 5.75 Å². The number of aromatic hydroxyl groups is 1. The van der Waals surface area contributed by atoms with Crippen LogP contribution in [-0.2, 0) is 18.6 Å². The minimum Gasteiger partial charge on any atom is -0.508 e. The first kappa shape index (κ1) is 11.6. The average molecular weight is 239 g/mol. The van der Waals surface area contributed by atoms with E-state index in [0.29, 0.717) is 0 Å². The number of phenols is 1. The predicted octanol–water partition coefficient (Wildman–Crippen LogP) is 2.24. The number of aromatic carboxylic acids is 1. The van der Waals surface area contributed by atoms with Gasteiger partial charge in [0.1, 0.15) is 5.75 Å². The fraction of sp³-hybridized carbons (Fsp3) is 0. The molecule has 0 spiro atoms. The van der Waals surface area contributed by atoms with Crippen LogP contribution in [0.2, 0.25) is 0 Å². The molecule has 0 aliphatic carbocycles. The summed E-state index contributed by atoms with van der Waals surface area (Å²) in [6.07, 6.45) is 0. The van der Waals surface area contributed by atoms with Crippen LogP contribution in [0.3, 0.4) is 0 Å². The van der Waals surface area contributed by atoms with E-state index in [1.54, 1.807) is 24.3 Å². The molecular weight excluding hydrogens is 231 g/mol.